The van der Waals surface area contributed by atoms with Crippen molar-refractivity contribution in [3.8, 4) is 11.8 Å². The summed E-state index contributed by atoms with van der Waals surface area (Å²) in [6.45, 7) is 2.29. The lowest BCUT2D eigenvalue weighted by molar-refractivity contribution is 0.262. The first-order chi connectivity index (χ1) is 10.2. The molecular weight excluding hydrogens is 262 g/mol. The molecule has 0 saturated carbocycles. The van der Waals surface area contributed by atoms with E-state index in [1.165, 1.54) is 0 Å². The van der Waals surface area contributed by atoms with Crippen molar-refractivity contribution in [3.63, 3.8) is 0 Å². The van der Waals surface area contributed by atoms with Gasteiger partial charge in [-0.15, -0.1) is 0 Å². The lowest BCUT2D eigenvalue weighted by atomic mass is 10.2. The minimum Gasteiger partial charge on any atom is -0.320 e. The summed E-state index contributed by atoms with van der Waals surface area (Å²) in [5, 5.41) is 5.57. The van der Waals surface area contributed by atoms with Crippen LogP contribution < -0.4 is 16.4 Å². The number of carbonyl (C=O) groups is 1. The normalized spacial score (nSPS) is 9.43. The first-order valence-corrected chi connectivity index (χ1v) is 6.61. The maximum atomic E-state index is 11.9. The molecule has 4 N–H and O–H groups in total. The van der Waals surface area contributed by atoms with E-state index < -0.39 is 0 Å². The van der Waals surface area contributed by atoms with Crippen LogP contribution >= 0.6 is 0 Å². The van der Waals surface area contributed by atoms with Gasteiger partial charge in [0.15, 0.2) is 0 Å². The number of amides is 2. The average molecular weight is 279 g/mol. The highest BCUT2D eigenvalue weighted by atomic mass is 16.2. The van der Waals surface area contributed by atoms with Crippen molar-refractivity contribution in [2.75, 3.05) is 17.2 Å². The predicted octanol–water partition coefficient (Wildman–Crippen LogP) is 2.95. The number of carbonyl (C=O) groups excluding carboxylic acids is 1. The Bertz CT molecular complexity index is 698. The van der Waals surface area contributed by atoms with Gasteiger partial charge in [-0.1, -0.05) is 30.0 Å². The number of hydrogen-bond donors (Lipinski definition) is 3. The van der Waals surface area contributed by atoms with Gasteiger partial charge in [0, 0.05) is 16.9 Å². The van der Waals surface area contributed by atoms with Crippen molar-refractivity contribution in [1.82, 2.24) is 0 Å². The molecule has 106 valence electrons. The fourth-order valence-electron chi connectivity index (χ4n) is 1.84. The quantitative estimate of drug-likeness (QED) is 0.740. The molecule has 0 aliphatic heterocycles. The van der Waals surface area contributed by atoms with Crippen molar-refractivity contribution in [2.24, 2.45) is 5.73 Å². The fraction of sp³-hybridized carbons (Fsp3) is 0.118. The van der Waals surface area contributed by atoms with E-state index in [0.717, 1.165) is 16.8 Å². The molecule has 21 heavy (non-hydrogen) atoms. The summed E-state index contributed by atoms with van der Waals surface area (Å²) in [6, 6.07) is 14.6. The van der Waals surface area contributed by atoms with E-state index in [0.29, 0.717) is 12.2 Å². The molecule has 0 bridgehead atoms. The van der Waals surface area contributed by atoms with Gasteiger partial charge in [0.1, 0.15) is 0 Å². The van der Waals surface area contributed by atoms with E-state index in [9.17, 15) is 4.79 Å². The summed E-state index contributed by atoms with van der Waals surface area (Å²) in [7, 11) is 0. The monoisotopic (exact) mass is 279 g/mol. The summed E-state index contributed by atoms with van der Waals surface area (Å²) in [5.74, 6) is 5.71. The Kier molecular flexibility index (Phi) is 4.97. The standard InChI is InChI=1S/C17H17N3O/c1-13-5-2-8-15(11-13)19-17(21)20-16-9-3-6-14(12-16)7-4-10-18/h2-3,5-6,8-9,11-12H,10,18H2,1H3,(H2,19,20,21). The molecule has 0 atom stereocenters. The van der Waals surface area contributed by atoms with Crippen LogP contribution in [0.5, 0.6) is 0 Å². The molecule has 2 amide bonds. The molecule has 2 rings (SSSR count). The number of aryl methyl sites for hydroxylation is 1. The summed E-state index contributed by atoms with van der Waals surface area (Å²) in [5.41, 5.74) is 8.68. The molecule has 2 aromatic carbocycles. The predicted molar refractivity (Wildman–Crippen MR) is 86.2 cm³/mol. The smallest absolute Gasteiger partial charge is 0.320 e. The number of hydrogen-bond acceptors (Lipinski definition) is 2. The molecule has 0 spiro atoms. The third-order valence-electron chi connectivity index (χ3n) is 2.73. The summed E-state index contributed by atoms with van der Waals surface area (Å²) in [6.07, 6.45) is 0. The van der Waals surface area contributed by atoms with E-state index in [-0.39, 0.29) is 6.03 Å². The van der Waals surface area contributed by atoms with E-state index in [4.69, 9.17) is 5.73 Å². The maximum absolute atomic E-state index is 11.9. The largest absolute Gasteiger partial charge is 0.323 e. The fourth-order valence-corrected chi connectivity index (χ4v) is 1.84. The first kappa shape index (κ1) is 14.6. The van der Waals surface area contributed by atoms with Gasteiger partial charge in [0.2, 0.25) is 0 Å². The van der Waals surface area contributed by atoms with Crippen molar-refractivity contribution in [1.29, 1.82) is 0 Å². The molecular formula is C17H17N3O. The van der Waals surface area contributed by atoms with Crippen LogP contribution in [0.2, 0.25) is 0 Å². The van der Waals surface area contributed by atoms with Crippen molar-refractivity contribution in [2.45, 2.75) is 6.92 Å². The van der Waals surface area contributed by atoms with Crippen LogP contribution in [-0.2, 0) is 0 Å². The van der Waals surface area contributed by atoms with Crippen molar-refractivity contribution < 1.29 is 4.79 Å². The van der Waals surface area contributed by atoms with Gasteiger partial charge in [0.05, 0.1) is 6.54 Å². The Labute approximate surface area is 124 Å². The third kappa shape index (κ3) is 4.68. The molecule has 0 aromatic heterocycles. The van der Waals surface area contributed by atoms with Crippen LogP contribution in [0, 0.1) is 18.8 Å². The zero-order chi connectivity index (χ0) is 15.1. The number of rotatable bonds is 2. The van der Waals surface area contributed by atoms with Crippen LogP contribution in [-0.4, -0.2) is 12.6 Å². The van der Waals surface area contributed by atoms with Gasteiger partial charge in [-0.05, 0) is 42.8 Å². The number of nitrogens with one attached hydrogen (secondary N) is 2. The van der Waals surface area contributed by atoms with Crippen LogP contribution in [0.4, 0.5) is 16.2 Å². The lowest BCUT2D eigenvalue weighted by Crippen LogP contribution is -2.19. The van der Waals surface area contributed by atoms with E-state index in [1.54, 1.807) is 6.07 Å². The molecule has 0 saturated heterocycles. The van der Waals surface area contributed by atoms with Crippen LogP contribution in [0.15, 0.2) is 48.5 Å². The maximum Gasteiger partial charge on any atom is 0.323 e. The number of nitrogens with two attached hydrogens (primary N) is 1. The zero-order valence-corrected chi connectivity index (χ0v) is 11.8. The molecule has 2 aromatic rings. The SMILES string of the molecule is Cc1cccc(NC(=O)Nc2cccc(C#CCN)c2)c1. The molecule has 0 aliphatic carbocycles. The topological polar surface area (TPSA) is 67.2 Å². The van der Waals surface area contributed by atoms with Gasteiger partial charge in [-0.25, -0.2) is 4.79 Å². The van der Waals surface area contributed by atoms with Crippen LogP contribution in [0.25, 0.3) is 0 Å². The minimum atomic E-state index is -0.287. The highest BCUT2D eigenvalue weighted by Crippen LogP contribution is 2.12. The van der Waals surface area contributed by atoms with Crippen LogP contribution in [0.3, 0.4) is 0 Å². The minimum absolute atomic E-state index is 0.287. The molecule has 0 heterocycles. The number of anilines is 2. The van der Waals surface area contributed by atoms with Gasteiger partial charge >= 0.3 is 6.03 Å². The highest BCUT2D eigenvalue weighted by molar-refractivity contribution is 5.99. The van der Waals surface area contributed by atoms with E-state index in [2.05, 4.69) is 22.5 Å². The Morgan fingerprint density at radius 3 is 2.43 bits per heavy atom. The van der Waals surface area contributed by atoms with Gasteiger partial charge in [0.25, 0.3) is 0 Å². The summed E-state index contributed by atoms with van der Waals surface area (Å²) >= 11 is 0. The second-order valence-corrected chi connectivity index (χ2v) is 4.54. The second-order valence-electron chi connectivity index (χ2n) is 4.54. The Morgan fingerprint density at radius 2 is 1.76 bits per heavy atom. The molecule has 0 aliphatic rings. The Hall–Kier alpha value is -2.77. The second kappa shape index (κ2) is 7.13. The van der Waals surface area contributed by atoms with Crippen molar-refractivity contribution in [3.05, 3.63) is 59.7 Å². The highest BCUT2D eigenvalue weighted by Gasteiger charge is 2.03. The van der Waals surface area contributed by atoms with E-state index >= 15 is 0 Å². The van der Waals surface area contributed by atoms with Gasteiger partial charge in [-0.2, -0.15) is 0 Å². The van der Waals surface area contributed by atoms with Crippen LogP contribution in [0.1, 0.15) is 11.1 Å². The summed E-state index contributed by atoms with van der Waals surface area (Å²) in [4.78, 5) is 11.9. The average Bonchev–Trinajstić information content (AvgIpc) is 2.45. The number of benzene rings is 2. The molecule has 0 fully saturated rings. The van der Waals surface area contributed by atoms with Gasteiger partial charge < -0.3 is 16.4 Å². The third-order valence-corrected chi connectivity index (χ3v) is 2.73. The lowest BCUT2D eigenvalue weighted by Gasteiger charge is -2.08. The Balaban J connectivity index is 2.02. The van der Waals surface area contributed by atoms with Crippen molar-refractivity contribution >= 4 is 17.4 Å². The van der Waals surface area contributed by atoms with Gasteiger partial charge in [-0.3, -0.25) is 0 Å². The first-order valence-electron chi connectivity index (χ1n) is 6.61. The zero-order valence-electron chi connectivity index (χ0n) is 11.8. The molecule has 4 nitrogen and oxygen atoms in total. The molecule has 0 radical (unpaired) electrons. The Morgan fingerprint density at radius 1 is 1.10 bits per heavy atom. The van der Waals surface area contributed by atoms with E-state index in [1.807, 2.05) is 49.4 Å². The molecule has 4 heteroatoms. The summed E-state index contributed by atoms with van der Waals surface area (Å²) < 4.78 is 0. The number of urea groups is 1. The molecule has 0 unspecified atom stereocenters.